The number of amides is 1. The fraction of sp³-hybridized carbons (Fsp3) is 0.742. The Bertz CT molecular complexity index is 1140. The molecule has 3 saturated carbocycles. The van der Waals surface area contributed by atoms with Gasteiger partial charge in [-0.3, -0.25) is 4.90 Å². The summed E-state index contributed by atoms with van der Waals surface area (Å²) in [5.74, 6) is 0.883. The van der Waals surface area contributed by atoms with Crippen LogP contribution < -0.4 is 16.3 Å². The van der Waals surface area contributed by atoms with Crippen molar-refractivity contribution in [2.75, 3.05) is 39.3 Å². The first-order chi connectivity index (χ1) is 18.7. The molecule has 2 heterocycles. The lowest BCUT2D eigenvalue weighted by molar-refractivity contribution is -0.178. The largest absolute Gasteiger partial charge is 0.442 e. The Morgan fingerprint density at radius 3 is 2.72 bits per heavy atom. The van der Waals surface area contributed by atoms with E-state index >= 15 is 0 Å². The van der Waals surface area contributed by atoms with Crippen molar-refractivity contribution >= 4 is 6.09 Å². The van der Waals surface area contributed by atoms with Gasteiger partial charge in [-0.1, -0.05) is 19.4 Å². The Labute approximate surface area is 231 Å². The summed E-state index contributed by atoms with van der Waals surface area (Å²) in [6.07, 6.45) is 10.9. The predicted octanol–water partition coefficient (Wildman–Crippen LogP) is 3.80. The molecule has 0 spiro atoms. The zero-order valence-electron chi connectivity index (χ0n) is 23.5. The van der Waals surface area contributed by atoms with Crippen molar-refractivity contribution in [3.63, 3.8) is 0 Å². The van der Waals surface area contributed by atoms with Crippen LogP contribution in [0, 0.1) is 22.7 Å². The van der Waals surface area contributed by atoms with Gasteiger partial charge >= 0.3 is 11.7 Å². The minimum absolute atomic E-state index is 0.0379. The van der Waals surface area contributed by atoms with Crippen LogP contribution in [0.3, 0.4) is 0 Å². The quantitative estimate of drug-likeness (QED) is 0.489. The molecule has 214 valence electrons. The number of nitrogens with zero attached hydrogens (tertiary/aromatic N) is 1. The lowest BCUT2D eigenvalue weighted by atomic mass is 9.45. The number of fused-ring (bicyclic) bond motifs is 5. The van der Waals surface area contributed by atoms with Gasteiger partial charge in [0.15, 0.2) is 0 Å². The molecule has 1 amide bonds. The molecule has 6 rings (SSSR count). The minimum atomic E-state index is -0.719. The molecule has 1 aliphatic heterocycles. The second-order valence-corrected chi connectivity index (χ2v) is 13.2. The average Bonchev–Trinajstić information content (AvgIpc) is 3.21. The monoisotopic (exact) mass is 539 g/mol. The van der Waals surface area contributed by atoms with Crippen LogP contribution in [0.2, 0.25) is 0 Å². The lowest BCUT2D eigenvalue weighted by Crippen LogP contribution is -2.60. The molecular formula is C31H45N3O5. The van der Waals surface area contributed by atoms with Gasteiger partial charge in [-0.15, -0.1) is 0 Å². The van der Waals surface area contributed by atoms with Crippen LogP contribution in [0.1, 0.15) is 76.7 Å². The molecule has 7 atom stereocenters. The Kier molecular flexibility index (Phi) is 7.17. The zero-order valence-corrected chi connectivity index (χ0v) is 23.5. The summed E-state index contributed by atoms with van der Waals surface area (Å²) in [6.45, 7) is 10.2. The molecule has 4 aliphatic carbocycles. The van der Waals surface area contributed by atoms with E-state index in [1.807, 2.05) is 6.07 Å². The highest BCUT2D eigenvalue weighted by Crippen LogP contribution is 2.70. The first-order valence-corrected chi connectivity index (χ1v) is 15.1. The zero-order chi connectivity index (χ0) is 27.3. The highest BCUT2D eigenvalue weighted by molar-refractivity contribution is 5.67. The van der Waals surface area contributed by atoms with Crippen molar-refractivity contribution < 1.29 is 19.1 Å². The van der Waals surface area contributed by atoms with Gasteiger partial charge in [0.2, 0.25) is 0 Å². The van der Waals surface area contributed by atoms with E-state index in [2.05, 4.69) is 35.5 Å². The number of hydrogen-bond acceptors (Lipinski definition) is 7. The summed E-state index contributed by atoms with van der Waals surface area (Å²) in [4.78, 5) is 26.4. The molecule has 8 heteroatoms. The van der Waals surface area contributed by atoms with E-state index in [1.54, 1.807) is 6.26 Å². The Morgan fingerprint density at radius 1 is 1.13 bits per heavy atom. The third-order valence-corrected chi connectivity index (χ3v) is 11.5. The van der Waals surface area contributed by atoms with Gasteiger partial charge in [0.25, 0.3) is 0 Å². The van der Waals surface area contributed by atoms with Crippen molar-refractivity contribution in [2.45, 2.75) is 82.8 Å². The van der Waals surface area contributed by atoms with Crippen LogP contribution in [0.5, 0.6) is 0 Å². The van der Waals surface area contributed by atoms with E-state index in [0.717, 1.165) is 89.7 Å². The Hall–Kier alpha value is -2.16. The third kappa shape index (κ3) is 4.66. The van der Waals surface area contributed by atoms with Crippen molar-refractivity contribution in [3.8, 4) is 0 Å². The van der Waals surface area contributed by atoms with E-state index in [9.17, 15) is 14.7 Å². The van der Waals surface area contributed by atoms with Gasteiger partial charge < -0.3 is 24.9 Å². The number of aliphatic hydroxyl groups is 1. The van der Waals surface area contributed by atoms with E-state index < -0.39 is 5.60 Å². The number of piperazine rings is 1. The number of allylic oxidation sites excluding steroid dienone is 1. The summed E-state index contributed by atoms with van der Waals surface area (Å²) >= 11 is 0. The van der Waals surface area contributed by atoms with Gasteiger partial charge in [-0.05, 0) is 92.2 Å². The molecule has 8 nitrogen and oxygen atoms in total. The van der Waals surface area contributed by atoms with Crippen molar-refractivity contribution in [2.24, 2.45) is 22.7 Å². The van der Waals surface area contributed by atoms with Crippen LogP contribution in [0.25, 0.3) is 0 Å². The number of hydrogen-bond donors (Lipinski definition) is 3. The summed E-state index contributed by atoms with van der Waals surface area (Å²) in [7, 11) is 0. The molecule has 3 N–H and O–H groups in total. The van der Waals surface area contributed by atoms with Crippen LogP contribution in [-0.2, 0) is 4.74 Å². The first kappa shape index (κ1) is 27.0. The maximum absolute atomic E-state index is 12.5. The molecule has 0 unspecified atom stereocenters. The highest BCUT2D eigenvalue weighted by atomic mass is 16.6. The number of carbonyl (C=O) groups excluding carboxylic acids is 1. The smallest absolute Gasteiger partial charge is 0.407 e. The molecule has 0 aromatic carbocycles. The van der Waals surface area contributed by atoms with E-state index in [4.69, 9.17) is 9.15 Å². The Morgan fingerprint density at radius 2 is 1.95 bits per heavy atom. The van der Waals surface area contributed by atoms with E-state index in [0.29, 0.717) is 12.5 Å². The SMILES string of the molecule is C[C@]12CC[C@H](OC(=O)NCCN3CCNCC3)C=C1CC[C@@H]1[C@@H]2CC[C@]2(C)[C@@H](c3ccc(=O)oc3)CC[C@]12O. The molecule has 1 aromatic heterocycles. The fourth-order valence-corrected chi connectivity index (χ4v) is 9.29. The van der Waals surface area contributed by atoms with Gasteiger partial charge in [0.1, 0.15) is 6.10 Å². The Balaban J connectivity index is 1.11. The minimum Gasteiger partial charge on any atom is -0.442 e. The summed E-state index contributed by atoms with van der Waals surface area (Å²) < 4.78 is 11.1. The van der Waals surface area contributed by atoms with Gasteiger partial charge in [-0.2, -0.15) is 0 Å². The van der Waals surface area contributed by atoms with Crippen molar-refractivity contribution in [1.82, 2.24) is 15.5 Å². The molecular weight excluding hydrogens is 494 g/mol. The molecule has 4 fully saturated rings. The van der Waals surface area contributed by atoms with Crippen LogP contribution in [0.15, 0.2) is 39.3 Å². The molecule has 0 bridgehead atoms. The van der Waals surface area contributed by atoms with Crippen LogP contribution in [-0.4, -0.2) is 67.1 Å². The number of carbonyl (C=O) groups is 1. The van der Waals surface area contributed by atoms with E-state index in [1.165, 1.54) is 11.6 Å². The normalized spacial score (nSPS) is 40.1. The van der Waals surface area contributed by atoms with E-state index in [-0.39, 0.29) is 40.5 Å². The summed E-state index contributed by atoms with van der Waals surface area (Å²) in [5, 5.41) is 18.7. The molecule has 1 aromatic rings. The van der Waals surface area contributed by atoms with Gasteiger partial charge in [0.05, 0.1) is 11.9 Å². The number of nitrogens with one attached hydrogen (secondary N) is 2. The van der Waals surface area contributed by atoms with Crippen molar-refractivity contribution in [3.05, 3.63) is 46.0 Å². The van der Waals surface area contributed by atoms with Crippen molar-refractivity contribution in [1.29, 1.82) is 0 Å². The lowest BCUT2D eigenvalue weighted by Gasteiger charge is -2.61. The van der Waals surface area contributed by atoms with Gasteiger partial charge in [-0.25, -0.2) is 9.59 Å². The maximum atomic E-state index is 12.5. The second kappa shape index (κ2) is 10.3. The second-order valence-electron chi connectivity index (χ2n) is 13.2. The third-order valence-electron chi connectivity index (χ3n) is 11.5. The van der Waals surface area contributed by atoms with Crippen LogP contribution in [0.4, 0.5) is 4.79 Å². The standard InChI is InChI=1S/C31H45N3O5/c1-29-10-7-23(39-28(36)33-15-18-34-16-13-32-14-17-34)19-22(29)4-5-26-25(29)8-11-30(2)24(9-12-31(26,30)37)21-3-6-27(35)38-20-21/h3,6,19-20,23-26,32,37H,4-5,7-18H2,1-2H3,(H,33,36)/t23-,24+,25-,26+,29-,30+,31-/m0/s1. The maximum Gasteiger partial charge on any atom is 0.407 e. The molecule has 1 saturated heterocycles. The first-order valence-electron chi connectivity index (χ1n) is 15.1. The number of alkyl carbamates (subject to hydrolysis) is 1. The molecule has 5 aliphatic rings. The topological polar surface area (TPSA) is 104 Å². The predicted molar refractivity (Wildman–Crippen MR) is 148 cm³/mol. The number of rotatable bonds is 5. The average molecular weight is 540 g/mol. The molecule has 0 radical (unpaired) electrons. The highest BCUT2D eigenvalue weighted by Gasteiger charge is 2.66. The summed E-state index contributed by atoms with van der Waals surface area (Å²) in [6, 6.07) is 3.40. The van der Waals surface area contributed by atoms with Gasteiger partial charge in [0, 0.05) is 50.7 Å². The summed E-state index contributed by atoms with van der Waals surface area (Å²) in [5.41, 5.74) is 1.22. The number of ether oxygens (including phenoxy) is 1. The fourth-order valence-electron chi connectivity index (χ4n) is 9.29. The molecule has 39 heavy (non-hydrogen) atoms. The van der Waals surface area contributed by atoms with Crippen LogP contribution >= 0.6 is 0 Å².